The molecule has 0 aromatic heterocycles. The number of nitrogen functional groups attached to an aromatic ring is 1. The van der Waals surface area contributed by atoms with E-state index in [9.17, 15) is 21.6 Å². The Labute approximate surface area is 149 Å². The minimum Gasteiger partial charge on any atom is -0.399 e. The summed E-state index contributed by atoms with van der Waals surface area (Å²) in [5, 5.41) is 0. The molecule has 0 unspecified atom stereocenters. The van der Waals surface area contributed by atoms with Gasteiger partial charge in [-0.15, -0.1) is 0 Å². The molecule has 0 atom stereocenters. The highest BCUT2D eigenvalue weighted by molar-refractivity contribution is 7.89. The highest BCUT2D eigenvalue weighted by Gasteiger charge is 2.32. The topological polar surface area (TPSA) is 66.6 Å². The van der Waals surface area contributed by atoms with Gasteiger partial charge in [-0.05, 0) is 42.5 Å². The number of alkyl halides is 3. The van der Waals surface area contributed by atoms with Crippen molar-refractivity contribution in [2.45, 2.75) is 11.1 Å². The third-order valence-corrected chi connectivity index (χ3v) is 6.21. The van der Waals surface area contributed by atoms with Gasteiger partial charge in [-0.2, -0.15) is 17.5 Å². The van der Waals surface area contributed by atoms with E-state index in [1.54, 1.807) is 11.0 Å². The largest absolute Gasteiger partial charge is 0.416 e. The lowest BCUT2D eigenvalue weighted by atomic mass is 10.1. The molecule has 1 aliphatic rings. The van der Waals surface area contributed by atoms with Gasteiger partial charge in [0.2, 0.25) is 10.0 Å². The van der Waals surface area contributed by atoms with Crippen molar-refractivity contribution in [1.29, 1.82) is 0 Å². The fourth-order valence-corrected chi connectivity index (χ4v) is 4.28. The molecule has 1 fully saturated rings. The summed E-state index contributed by atoms with van der Waals surface area (Å²) in [4.78, 5) is 1.91. The van der Waals surface area contributed by atoms with Gasteiger partial charge < -0.3 is 10.6 Å². The van der Waals surface area contributed by atoms with Crippen LogP contribution < -0.4 is 10.6 Å². The van der Waals surface area contributed by atoms with Gasteiger partial charge >= 0.3 is 6.18 Å². The van der Waals surface area contributed by atoms with Crippen LogP contribution in [0, 0.1) is 0 Å². The van der Waals surface area contributed by atoms with E-state index in [0.29, 0.717) is 24.5 Å². The van der Waals surface area contributed by atoms with E-state index in [1.807, 2.05) is 0 Å². The first-order valence-electron chi connectivity index (χ1n) is 7.96. The maximum atomic E-state index is 12.9. The zero-order valence-corrected chi connectivity index (χ0v) is 14.6. The molecule has 0 amide bonds. The zero-order chi connectivity index (χ0) is 18.9. The number of nitrogens with zero attached hydrogens (tertiary/aromatic N) is 2. The van der Waals surface area contributed by atoms with Crippen LogP contribution in [-0.2, 0) is 16.2 Å². The SMILES string of the molecule is Nc1ccc(S(=O)(=O)N2CCN(c3cccc(C(F)(F)F)c3)CC2)cc1. The summed E-state index contributed by atoms with van der Waals surface area (Å²) in [6.07, 6.45) is -4.41. The van der Waals surface area contributed by atoms with Gasteiger partial charge in [-0.25, -0.2) is 8.42 Å². The van der Waals surface area contributed by atoms with Crippen molar-refractivity contribution in [1.82, 2.24) is 4.31 Å². The summed E-state index contributed by atoms with van der Waals surface area (Å²) in [5.74, 6) is 0. The fourth-order valence-electron chi connectivity index (χ4n) is 2.85. The molecular formula is C17H18F3N3O2S. The molecule has 1 heterocycles. The third kappa shape index (κ3) is 3.78. The Bertz CT molecular complexity index is 875. The summed E-state index contributed by atoms with van der Waals surface area (Å²) in [6.45, 7) is 1.02. The van der Waals surface area contributed by atoms with Crippen LogP contribution in [0.3, 0.4) is 0 Å². The van der Waals surface area contributed by atoms with E-state index in [0.717, 1.165) is 12.1 Å². The molecule has 140 valence electrons. The van der Waals surface area contributed by atoms with Crippen molar-refractivity contribution in [3.8, 4) is 0 Å². The molecule has 0 bridgehead atoms. The van der Waals surface area contributed by atoms with Gasteiger partial charge in [-0.3, -0.25) is 0 Å². The maximum absolute atomic E-state index is 12.9. The van der Waals surface area contributed by atoms with Crippen LogP contribution >= 0.6 is 0 Å². The standard InChI is InChI=1S/C17H18F3N3O2S/c18-17(19,20)13-2-1-3-15(12-13)22-8-10-23(11-9-22)26(24,25)16-6-4-14(21)5-7-16/h1-7,12H,8-11,21H2. The maximum Gasteiger partial charge on any atom is 0.416 e. The first-order valence-corrected chi connectivity index (χ1v) is 9.40. The summed E-state index contributed by atoms with van der Waals surface area (Å²) < 4.78 is 65.2. The first-order chi connectivity index (χ1) is 12.2. The zero-order valence-electron chi connectivity index (χ0n) is 13.8. The van der Waals surface area contributed by atoms with Crippen LogP contribution in [0.1, 0.15) is 5.56 Å². The highest BCUT2D eigenvalue weighted by Crippen LogP contribution is 2.32. The van der Waals surface area contributed by atoms with Crippen LogP contribution in [-0.4, -0.2) is 38.9 Å². The van der Waals surface area contributed by atoms with E-state index in [4.69, 9.17) is 5.73 Å². The lowest BCUT2D eigenvalue weighted by Gasteiger charge is -2.35. The van der Waals surface area contributed by atoms with Gasteiger partial charge in [0, 0.05) is 37.6 Å². The van der Waals surface area contributed by atoms with Crippen LogP contribution in [0.2, 0.25) is 0 Å². The highest BCUT2D eigenvalue weighted by atomic mass is 32.2. The van der Waals surface area contributed by atoms with Gasteiger partial charge in [0.25, 0.3) is 0 Å². The molecule has 9 heteroatoms. The molecule has 1 saturated heterocycles. The van der Waals surface area contributed by atoms with E-state index in [-0.39, 0.29) is 18.0 Å². The quantitative estimate of drug-likeness (QED) is 0.825. The molecule has 26 heavy (non-hydrogen) atoms. The van der Waals surface area contributed by atoms with E-state index < -0.39 is 21.8 Å². The van der Waals surface area contributed by atoms with Gasteiger partial charge in [0.1, 0.15) is 0 Å². The summed E-state index contributed by atoms with van der Waals surface area (Å²) in [6, 6.07) is 11.0. The predicted molar refractivity (Wildman–Crippen MR) is 93.3 cm³/mol. The first kappa shape index (κ1) is 18.5. The molecule has 5 nitrogen and oxygen atoms in total. The van der Waals surface area contributed by atoms with E-state index >= 15 is 0 Å². The van der Waals surface area contributed by atoms with Gasteiger partial charge in [0.05, 0.1) is 10.5 Å². The molecule has 0 radical (unpaired) electrons. The Hall–Kier alpha value is -2.26. The van der Waals surface area contributed by atoms with Crippen molar-refractivity contribution < 1.29 is 21.6 Å². The second kappa shape index (κ2) is 6.81. The Morgan fingerprint density at radius 2 is 1.54 bits per heavy atom. The average Bonchev–Trinajstić information content (AvgIpc) is 2.62. The lowest BCUT2D eigenvalue weighted by molar-refractivity contribution is -0.137. The molecular weight excluding hydrogens is 367 g/mol. The molecule has 2 aromatic carbocycles. The van der Waals surface area contributed by atoms with E-state index in [2.05, 4.69) is 0 Å². The monoisotopic (exact) mass is 385 g/mol. The van der Waals surface area contributed by atoms with Gasteiger partial charge in [-0.1, -0.05) is 6.07 Å². The lowest BCUT2D eigenvalue weighted by Crippen LogP contribution is -2.48. The van der Waals surface area contributed by atoms with Crippen LogP contribution in [0.4, 0.5) is 24.5 Å². The van der Waals surface area contributed by atoms with Crippen LogP contribution in [0.15, 0.2) is 53.4 Å². The molecule has 1 aliphatic heterocycles. The van der Waals surface area contributed by atoms with Crippen LogP contribution in [0.25, 0.3) is 0 Å². The Kier molecular flexibility index (Phi) is 4.85. The number of hydrogen-bond donors (Lipinski definition) is 1. The summed E-state index contributed by atoms with van der Waals surface area (Å²) in [5.41, 5.74) is 5.77. The van der Waals surface area contributed by atoms with Crippen LogP contribution in [0.5, 0.6) is 0 Å². The molecule has 0 spiro atoms. The third-order valence-electron chi connectivity index (χ3n) is 4.30. The minimum absolute atomic E-state index is 0.152. The number of benzene rings is 2. The minimum atomic E-state index is -4.41. The number of piperazine rings is 1. The van der Waals surface area contributed by atoms with Crippen molar-refractivity contribution in [3.05, 3.63) is 54.1 Å². The number of halogens is 3. The van der Waals surface area contributed by atoms with E-state index in [1.165, 1.54) is 34.6 Å². The smallest absolute Gasteiger partial charge is 0.399 e. The number of nitrogens with two attached hydrogens (primary N) is 1. The normalized spacial score (nSPS) is 16.7. The molecule has 3 rings (SSSR count). The molecule has 2 aromatic rings. The summed E-state index contributed by atoms with van der Waals surface area (Å²) >= 11 is 0. The van der Waals surface area contributed by atoms with Crippen molar-refractivity contribution in [2.24, 2.45) is 0 Å². The number of sulfonamides is 1. The fraction of sp³-hybridized carbons (Fsp3) is 0.294. The molecule has 0 aliphatic carbocycles. The summed E-state index contributed by atoms with van der Waals surface area (Å²) in [7, 11) is -3.64. The Morgan fingerprint density at radius 3 is 2.12 bits per heavy atom. The molecule has 0 saturated carbocycles. The Morgan fingerprint density at radius 1 is 0.923 bits per heavy atom. The van der Waals surface area contributed by atoms with Crippen molar-refractivity contribution >= 4 is 21.4 Å². The number of anilines is 2. The number of hydrogen-bond acceptors (Lipinski definition) is 4. The Balaban J connectivity index is 1.72. The molecule has 2 N–H and O–H groups in total. The predicted octanol–water partition coefficient (Wildman–Crippen LogP) is 2.80. The second-order valence-corrected chi connectivity index (χ2v) is 7.95. The van der Waals surface area contributed by atoms with Gasteiger partial charge in [0.15, 0.2) is 0 Å². The average molecular weight is 385 g/mol. The number of rotatable bonds is 3. The van der Waals surface area contributed by atoms with Crippen molar-refractivity contribution in [3.63, 3.8) is 0 Å². The van der Waals surface area contributed by atoms with Crippen molar-refractivity contribution in [2.75, 3.05) is 36.8 Å². The second-order valence-electron chi connectivity index (χ2n) is 6.01.